The monoisotopic (exact) mass is 1260 g/mol. The van der Waals surface area contributed by atoms with Crippen molar-refractivity contribution in [3.05, 3.63) is 12.2 Å². The van der Waals surface area contributed by atoms with Crippen LogP contribution in [0.2, 0.25) is 0 Å². The van der Waals surface area contributed by atoms with Gasteiger partial charge in [-0.3, -0.25) is 52.7 Å². The van der Waals surface area contributed by atoms with E-state index in [0.717, 1.165) is 14.7 Å². The number of allylic oxidation sites excluding steroid dienone is 2. The maximum Gasteiger partial charge on any atom is 0.246 e. The quantitative estimate of drug-likeness (QED) is 0.0974. The van der Waals surface area contributed by atoms with Crippen LogP contribution in [0, 0.1) is 46.8 Å². The first-order valence-corrected chi connectivity index (χ1v) is 31.6. The molecule has 0 bridgehead atoms. The van der Waals surface area contributed by atoms with E-state index >= 15 is 9.59 Å². The van der Waals surface area contributed by atoms with E-state index in [0.29, 0.717) is 6.42 Å². The molecule has 89 heavy (non-hydrogen) atoms. The van der Waals surface area contributed by atoms with Gasteiger partial charge in [0.15, 0.2) is 0 Å². The van der Waals surface area contributed by atoms with Crippen LogP contribution in [0.4, 0.5) is 0 Å². The van der Waals surface area contributed by atoms with Gasteiger partial charge in [0, 0.05) is 62.4 Å². The number of nitrogens with one attached hydrogen (secondary N) is 4. The summed E-state index contributed by atoms with van der Waals surface area (Å²) in [5.74, 6) is -10.3. The highest BCUT2D eigenvalue weighted by atomic mass is 16.5. The molecule has 1 aliphatic rings. The molecule has 0 aliphatic carbocycles. The Hall–Kier alpha value is -6.68. The predicted molar refractivity (Wildman–Crippen MR) is 339 cm³/mol. The maximum absolute atomic E-state index is 15.2. The molecule has 1 rings (SSSR count). The van der Waals surface area contributed by atoms with E-state index in [1.807, 2.05) is 47.6 Å². The van der Waals surface area contributed by atoms with Crippen LogP contribution in [0.3, 0.4) is 0 Å². The predicted octanol–water partition coefficient (Wildman–Crippen LogP) is 2.93. The van der Waals surface area contributed by atoms with Gasteiger partial charge in [0.1, 0.15) is 60.4 Å². The number of nitrogens with zero attached hydrogens (tertiary/aromatic N) is 8. The van der Waals surface area contributed by atoms with Gasteiger partial charge >= 0.3 is 0 Å². The Morgan fingerprint density at radius 1 is 0.551 bits per heavy atom. The third kappa shape index (κ3) is 22.9. The number of carbonyl (C=O) groups is 11. The zero-order valence-corrected chi connectivity index (χ0v) is 57.8. The third-order valence-corrected chi connectivity index (χ3v) is 16.6. The Morgan fingerprint density at radius 3 is 1.51 bits per heavy atom. The summed E-state index contributed by atoms with van der Waals surface area (Å²) < 4.78 is 6.02. The van der Waals surface area contributed by atoms with E-state index in [1.54, 1.807) is 67.5 Å². The van der Waals surface area contributed by atoms with E-state index in [-0.39, 0.29) is 62.9 Å². The van der Waals surface area contributed by atoms with Crippen molar-refractivity contribution in [1.29, 1.82) is 5.26 Å². The first-order chi connectivity index (χ1) is 41.3. The minimum atomic E-state index is -1.64. The zero-order valence-electron chi connectivity index (χ0n) is 57.8. The molecule has 25 heteroatoms. The van der Waals surface area contributed by atoms with Crippen molar-refractivity contribution in [1.82, 2.24) is 55.6 Å². The molecule has 506 valence electrons. The van der Waals surface area contributed by atoms with Gasteiger partial charge < -0.3 is 65.4 Å². The highest BCUT2D eigenvalue weighted by Gasteiger charge is 2.46. The second-order valence-corrected chi connectivity index (χ2v) is 26.2. The summed E-state index contributed by atoms with van der Waals surface area (Å²) in [7, 11) is 9.70. The number of aliphatic hydroxyl groups excluding tert-OH is 1. The Bertz CT molecular complexity index is 2480. The minimum Gasteiger partial charge on any atom is -0.390 e. The normalized spacial score (nSPS) is 26.4. The molecule has 25 nitrogen and oxygen atoms in total. The molecule has 0 unspecified atom stereocenters. The molecule has 1 heterocycles. The van der Waals surface area contributed by atoms with Gasteiger partial charge in [0.2, 0.25) is 65.0 Å². The molecule has 0 aromatic rings. The topological polar surface area (TPSA) is 312 Å². The maximum atomic E-state index is 15.2. The Kier molecular flexibility index (Phi) is 33.8. The lowest BCUT2D eigenvalue weighted by Crippen LogP contribution is -2.63. The number of aliphatic hydroxyl groups is 1. The van der Waals surface area contributed by atoms with E-state index in [1.165, 1.54) is 82.8 Å². The molecular weight excluding hydrogens is 1140 g/mol. The van der Waals surface area contributed by atoms with E-state index in [4.69, 9.17) is 4.74 Å². The van der Waals surface area contributed by atoms with Crippen molar-refractivity contribution in [2.24, 2.45) is 35.5 Å². The van der Waals surface area contributed by atoms with Crippen molar-refractivity contribution in [2.75, 3.05) is 62.5 Å². The van der Waals surface area contributed by atoms with Crippen LogP contribution in [-0.2, 0) is 57.5 Å². The molecule has 13 atom stereocenters. The minimum absolute atomic E-state index is 0.0186. The molecule has 1 saturated heterocycles. The smallest absolute Gasteiger partial charge is 0.246 e. The molecule has 0 spiro atoms. The van der Waals surface area contributed by atoms with Gasteiger partial charge in [-0.1, -0.05) is 95.2 Å². The average Bonchev–Trinajstić information content (AvgIpc) is 0.987. The highest BCUT2D eigenvalue weighted by molar-refractivity contribution is 5.99. The lowest BCUT2D eigenvalue weighted by atomic mass is 9.91. The van der Waals surface area contributed by atoms with Crippen molar-refractivity contribution in [2.45, 2.75) is 228 Å². The second kappa shape index (κ2) is 37.5. The summed E-state index contributed by atoms with van der Waals surface area (Å²) >= 11 is 0. The lowest BCUT2D eigenvalue weighted by Gasteiger charge is -2.41. The van der Waals surface area contributed by atoms with Crippen LogP contribution in [0.5, 0.6) is 0 Å². The average molecular weight is 1260 g/mol. The molecule has 11 amide bonds. The van der Waals surface area contributed by atoms with Crippen LogP contribution in [0.15, 0.2) is 12.2 Å². The third-order valence-electron chi connectivity index (χ3n) is 16.6. The molecule has 0 saturated carbocycles. The van der Waals surface area contributed by atoms with E-state index in [2.05, 4.69) is 21.3 Å². The molecular formula is C64H112N12O13. The standard InChI is InChI=1S/C64H112N12O13/c1-24-26-29-41(13)54(78)53-58(82)68-45(25-2)60(84)70(17)35-49(77)74(21)52(44(16)89-31-28-27-30-65)57(81)69-50(39(9)10)63(87)71(18)46(32-36(3)4)56(80)66-42(14)55(79)67-43(15)59(83)72(19)47(33-37(5)6)61(85)73(20)48(34-38(7)8)62(86)75(22)51(40(11)12)64(88)76(53)23/h24,26,36-48,50-54,78H,25,27-29,31-35H2,1-23H3,(H,66,80)(H,67,79)(H,68,82)(H,69,81)/b26-24+/t41-,42+,43+,44-,45+,46-,47+,48-,50+,51+,52+,53+,54-/m1/s1. The Labute approximate surface area is 531 Å². The summed E-state index contributed by atoms with van der Waals surface area (Å²) in [5, 5.41) is 32.2. The molecule has 0 aromatic heterocycles. The van der Waals surface area contributed by atoms with Crippen molar-refractivity contribution < 1.29 is 62.6 Å². The summed E-state index contributed by atoms with van der Waals surface area (Å²) in [6.07, 6.45) is 2.08. The van der Waals surface area contributed by atoms with Gasteiger partial charge in [-0.2, -0.15) is 5.26 Å². The van der Waals surface area contributed by atoms with Gasteiger partial charge in [-0.05, 0) is 102 Å². The van der Waals surface area contributed by atoms with Gasteiger partial charge in [-0.25, -0.2) is 0 Å². The number of rotatable bonds is 18. The highest BCUT2D eigenvalue weighted by Crippen LogP contribution is 2.26. The van der Waals surface area contributed by atoms with E-state index < -0.39 is 162 Å². The van der Waals surface area contributed by atoms with Crippen LogP contribution in [0.1, 0.15) is 156 Å². The largest absolute Gasteiger partial charge is 0.390 e. The van der Waals surface area contributed by atoms with Crippen LogP contribution in [-0.4, -0.2) is 239 Å². The van der Waals surface area contributed by atoms with Crippen LogP contribution in [0.25, 0.3) is 0 Å². The number of carbonyl (C=O) groups excluding carboxylic acids is 11. The van der Waals surface area contributed by atoms with Gasteiger partial charge in [0.05, 0.1) is 24.8 Å². The van der Waals surface area contributed by atoms with Gasteiger partial charge in [-0.15, -0.1) is 0 Å². The number of hydrogen-bond donors (Lipinski definition) is 5. The summed E-state index contributed by atoms with van der Waals surface area (Å²) in [5.41, 5.74) is 0. The van der Waals surface area contributed by atoms with Crippen molar-refractivity contribution in [3.63, 3.8) is 0 Å². The molecule has 1 aliphatic heterocycles. The number of unbranched alkanes of at least 4 members (excludes halogenated alkanes) is 1. The lowest BCUT2D eigenvalue weighted by molar-refractivity contribution is -0.157. The van der Waals surface area contributed by atoms with E-state index in [9.17, 15) is 53.5 Å². The number of hydrogen-bond acceptors (Lipinski definition) is 14. The first-order valence-electron chi connectivity index (χ1n) is 31.6. The summed E-state index contributed by atoms with van der Waals surface area (Å²) in [6, 6.07) is -11.0. The Balaban J connectivity index is 4.39. The van der Waals surface area contributed by atoms with Gasteiger partial charge in [0.25, 0.3) is 0 Å². The number of likely N-dealkylation sites (N-methyl/N-ethyl adjacent to an activating group) is 7. The fourth-order valence-corrected chi connectivity index (χ4v) is 11.0. The molecule has 5 N–H and O–H groups in total. The SMILES string of the molecule is C/C=C/C[C@@H](C)[C@@H](O)[C@H]1C(=O)N[C@@H](CC)C(=O)N(C)CC(=O)N(C)[C@@H]([C@@H](C)OCCCC#N)C(=O)N[C@@H](C(C)C)C(=O)N(C)[C@H](CC(C)C)C(=O)N[C@@H](C)C(=O)N[C@@H](C)C(=O)N(C)[C@@H](CC(C)C)C(=O)N(C)[C@H](CC(C)C)C(=O)N(C)[C@@H](C(C)C)C(=O)N1C. The summed E-state index contributed by atoms with van der Waals surface area (Å²) in [4.78, 5) is 169. The number of ether oxygens (including phenoxy) is 1. The Morgan fingerprint density at radius 2 is 1.02 bits per heavy atom. The van der Waals surface area contributed by atoms with Crippen LogP contribution < -0.4 is 21.3 Å². The zero-order chi connectivity index (χ0) is 68.8. The molecule has 1 fully saturated rings. The molecule has 0 aromatic carbocycles. The van der Waals surface area contributed by atoms with Crippen LogP contribution >= 0.6 is 0 Å². The van der Waals surface area contributed by atoms with Crippen molar-refractivity contribution in [3.8, 4) is 6.07 Å². The molecule has 0 radical (unpaired) electrons. The second-order valence-electron chi connectivity index (χ2n) is 26.2. The summed E-state index contributed by atoms with van der Waals surface area (Å²) in [6.45, 7) is 26.8. The first kappa shape index (κ1) is 80.3. The fraction of sp³-hybridized carbons (Fsp3) is 0.781. The number of nitriles is 1. The van der Waals surface area contributed by atoms with Crippen molar-refractivity contribution >= 4 is 65.0 Å². The number of amides is 11. The fourth-order valence-electron chi connectivity index (χ4n) is 11.0.